The lowest BCUT2D eigenvalue weighted by Crippen LogP contribution is -2.24. The van der Waals surface area contributed by atoms with E-state index < -0.39 is 0 Å². The first-order chi connectivity index (χ1) is 15.5. The van der Waals surface area contributed by atoms with Crippen LogP contribution in [-0.4, -0.2) is 46.1 Å². The zero-order chi connectivity index (χ0) is 22.0. The number of pyridine rings is 1. The number of aromatic amines is 1. The van der Waals surface area contributed by atoms with Gasteiger partial charge in [0.05, 0.1) is 22.8 Å². The van der Waals surface area contributed by atoms with E-state index in [0.717, 1.165) is 53.7 Å². The predicted molar refractivity (Wildman–Crippen MR) is 127 cm³/mol. The number of nitrogen functional groups attached to an aromatic ring is 1. The van der Waals surface area contributed by atoms with Crippen LogP contribution in [-0.2, 0) is 0 Å². The number of halogens is 1. The number of nitrogens with zero attached hydrogens (tertiary/aromatic N) is 4. The third-order valence-corrected chi connectivity index (χ3v) is 6.88. The number of ether oxygens (including phenoxy) is 1. The van der Waals surface area contributed by atoms with Crippen molar-refractivity contribution in [3.05, 3.63) is 35.5 Å². The topological polar surface area (TPSA) is 131 Å². The van der Waals surface area contributed by atoms with Crippen molar-refractivity contribution in [1.29, 1.82) is 0 Å². The number of nitrogens with two attached hydrogens (primary N) is 2. The van der Waals surface area contributed by atoms with Gasteiger partial charge in [-0.25, -0.2) is 4.98 Å². The van der Waals surface area contributed by atoms with Crippen molar-refractivity contribution in [2.24, 2.45) is 11.1 Å². The number of anilines is 3. The molecule has 164 valence electrons. The van der Waals surface area contributed by atoms with Crippen LogP contribution >= 0.6 is 11.6 Å². The SMILES string of the molecule is CNc1cc(Cl)cc2c1[nH]c1nc(Oc3ccc(N)nc3)nc(N3CC[C@]4(C[C@@H]4N)C3)c12. The van der Waals surface area contributed by atoms with Crippen molar-refractivity contribution in [2.75, 3.05) is 36.1 Å². The highest BCUT2D eigenvalue weighted by atomic mass is 35.5. The van der Waals surface area contributed by atoms with Crippen molar-refractivity contribution in [3.63, 3.8) is 0 Å². The van der Waals surface area contributed by atoms with E-state index >= 15 is 0 Å². The minimum absolute atomic E-state index is 0.194. The number of fused-ring (bicyclic) bond motifs is 3. The van der Waals surface area contributed by atoms with E-state index in [9.17, 15) is 0 Å². The van der Waals surface area contributed by atoms with E-state index in [1.54, 1.807) is 18.3 Å². The molecule has 1 aromatic carbocycles. The van der Waals surface area contributed by atoms with Gasteiger partial charge in [0.2, 0.25) is 0 Å². The van der Waals surface area contributed by atoms with Gasteiger partial charge >= 0.3 is 6.01 Å². The Bertz CT molecular complexity index is 1350. The zero-order valence-corrected chi connectivity index (χ0v) is 18.3. The summed E-state index contributed by atoms with van der Waals surface area (Å²) in [5.74, 6) is 1.76. The molecule has 2 fully saturated rings. The number of hydrogen-bond donors (Lipinski definition) is 4. The van der Waals surface area contributed by atoms with Crippen LogP contribution in [0.15, 0.2) is 30.5 Å². The summed E-state index contributed by atoms with van der Waals surface area (Å²) >= 11 is 6.43. The second-order valence-corrected chi connectivity index (χ2v) is 9.11. The first-order valence-electron chi connectivity index (χ1n) is 10.6. The van der Waals surface area contributed by atoms with Gasteiger partial charge in [-0.1, -0.05) is 11.6 Å². The van der Waals surface area contributed by atoms with Gasteiger partial charge < -0.3 is 31.4 Å². The zero-order valence-electron chi connectivity index (χ0n) is 17.5. The Kier molecular flexibility index (Phi) is 4.15. The van der Waals surface area contributed by atoms with Crippen molar-refractivity contribution in [2.45, 2.75) is 18.9 Å². The quantitative estimate of drug-likeness (QED) is 0.371. The van der Waals surface area contributed by atoms with Crippen LogP contribution in [0.5, 0.6) is 11.8 Å². The molecule has 6 N–H and O–H groups in total. The van der Waals surface area contributed by atoms with Crippen molar-refractivity contribution in [3.8, 4) is 11.8 Å². The van der Waals surface area contributed by atoms with E-state index in [2.05, 4.69) is 25.2 Å². The van der Waals surface area contributed by atoms with Crippen LogP contribution in [0, 0.1) is 5.41 Å². The molecule has 0 unspecified atom stereocenters. The van der Waals surface area contributed by atoms with Crippen LogP contribution in [0.3, 0.4) is 0 Å². The Hall–Kier alpha value is -3.30. The number of benzene rings is 1. The highest BCUT2D eigenvalue weighted by molar-refractivity contribution is 6.32. The fourth-order valence-electron chi connectivity index (χ4n) is 4.78. The maximum Gasteiger partial charge on any atom is 0.326 e. The highest BCUT2D eigenvalue weighted by Crippen LogP contribution is 2.53. The molecule has 4 aromatic rings. The molecular weight excluding hydrogens is 428 g/mol. The summed E-state index contributed by atoms with van der Waals surface area (Å²) in [7, 11) is 1.87. The summed E-state index contributed by atoms with van der Waals surface area (Å²) in [5.41, 5.74) is 14.6. The molecule has 2 aliphatic rings. The summed E-state index contributed by atoms with van der Waals surface area (Å²) in [6.07, 6.45) is 3.67. The first-order valence-corrected chi connectivity index (χ1v) is 10.9. The molecule has 10 heteroatoms. The molecule has 6 rings (SSSR count). The molecule has 1 spiro atoms. The van der Waals surface area contributed by atoms with Crippen LogP contribution in [0.2, 0.25) is 5.02 Å². The molecule has 0 amide bonds. The van der Waals surface area contributed by atoms with Gasteiger partial charge in [-0.3, -0.25) is 0 Å². The second kappa shape index (κ2) is 6.85. The van der Waals surface area contributed by atoms with Crippen molar-refractivity contribution in [1.82, 2.24) is 19.9 Å². The maximum atomic E-state index is 6.43. The van der Waals surface area contributed by atoms with Gasteiger partial charge in [-0.2, -0.15) is 9.97 Å². The Balaban J connectivity index is 1.53. The van der Waals surface area contributed by atoms with Gasteiger partial charge in [0.1, 0.15) is 23.0 Å². The summed E-state index contributed by atoms with van der Waals surface area (Å²) < 4.78 is 5.95. The van der Waals surface area contributed by atoms with Gasteiger partial charge in [0.25, 0.3) is 0 Å². The number of rotatable bonds is 4. The Labute approximate surface area is 189 Å². The van der Waals surface area contributed by atoms with Crippen molar-refractivity contribution < 1.29 is 4.74 Å². The summed E-state index contributed by atoms with van der Waals surface area (Å²) in [6, 6.07) is 7.75. The van der Waals surface area contributed by atoms with E-state index in [1.165, 1.54) is 0 Å². The predicted octanol–water partition coefficient (Wildman–Crippen LogP) is 3.50. The number of hydrogen-bond acceptors (Lipinski definition) is 8. The molecule has 2 atom stereocenters. The van der Waals surface area contributed by atoms with E-state index in [1.807, 2.05) is 19.2 Å². The lowest BCUT2D eigenvalue weighted by Gasteiger charge is -2.19. The summed E-state index contributed by atoms with van der Waals surface area (Å²) in [4.78, 5) is 19.3. The largest absolute Gasteiger partial charge is 0.423 e. The molecule has 1 saturated carbocycles. The van der Waals surface area contributed by atoms with Gasteiger partial charge in [0, 0.05) is 42.0 Å². The van der Waals surface area contributed by atoms with E-state index in [4.69, 9.17) is 32.8 Å². The molecule has 1 aliphatic heterocycles. The molecule has 0 radical (unpaired) electrons. The first kappa shape index (κ1) is 19.4. The molecular formula is C22H23ClN8O. The highest BCUT2D eigenvalue weighted by Gasteiger charge is 2.55. The fourth-order valence-corrected chi connectivity index (χ4v) is 5.00. The van der Waals surface area contributed by atoms with E-state index in [0.29, 0.717) is 22.2 Å². The molecule has 32 heavy (non-hydrogen) atoms. The Morgan fingerprint density at radius 1 is 1.31 bits per heavy atom. The minimum atomic E-state index is 0.194. The standard InChI is InChI=1S/C22H23ClN8O/c1-26-14-7-11(23)6-13-17-19(28-18(13)14)29-21(32-12-2-3-16(25)27-9-12)30-20(17)31-5-4-22(10-31)8-15(22)24/h2-3,6-7,9,15,26H,4-5,8,10,24H2,1H3,(H2,25,27)(H,28,29,30)/t15-,22-/m0/s1. The summed E-state index contributed by atoms with van der Waals surface area (Å²) in [6.45, 7) is 1.75. The Morgan fingerprint density at radius 2 is 2.16 bits per heavy atom. The van der Waals surface area contributed by atoms with Gasteiger partial charge in [-0.15, -0.1) is 0 Å². The molecule has 9 nitrogen and oxygen atoms in total. The lowest BCUT2D eigenvalue weighted by atomic mass is 10.1. The van der Waals surface area contributed by atoms with Crippen LogP contribution in [0.25, 0.3) is 21.9 Å². The lowest BCUT2D eigenvalue weighted by molar-refractivity contribution is 0.442. The minimum Gasteiger partial charge on any atom is -0.423 e. The average Bonchev–Trinajstić information content (AvgIpc) is 3.10. The van der Waals surface area contributed by atoms with Gasteiger partial charge in [0.15, 0.2) is 0 Å². The molecule has 1 aliphatic carbocycles. The molecule has 1 saturated heterocycles. The number of H-pyrrole nitrogens is 1. The van der Waals surface area contributed by atoms with Gasteiger partial charge in [-0.05, 0) is 37.1 Å². The van der Waals surface area contributed by atoms with Crippen LogP contribution < -0.4 is 26.4 Å². The molecule has 4 heterocycles. The van der Waals surface area contributed by atoms with Crippen LogP contribution in [0.1, 0.15) is 12.8 Å². The third-order valence-electron chi connectivity index (χ3n) is 6.66. The smallest absolute Gasteiger partial charge is 0.326 e. The van der Waals surface area contributed by atoms with Crippen molar-refractivity contribution >= 4 is 50.9 Å². The van der Waals surface area contributed by atoms with Crippen LogP contribution in [0.4, 0.5) is 17.3 Å². The maximum absolute atomic E-state index is 6.43. The summed E-state index contributed by atoms with van der Waals surface area (Å²) in [5, 5.41) is 5.74. The molecule has 0 bridgehead atoms. The number of nitrogens with one attached hydrogen (secondary N) is 2. The molecule has 3 aromatic heterocycles. The normalized spacial score (nSPS) is 22.2. The second-order valence-electron chi connectivity index (χ2n) is 8.67. The Morgan fingerprint density at radius 3 is 2.84 bits per heavy atom. The fraction of sp³-hybridized carbons (Fsp3) is 0.318. The third kappa shape index (κ3) is 3.00. The average molecular weight is 451 g/mol. The number of aromatic nitrogens is 4. The van der Waals surface area contributed by atoms with E-state index in [-0.39, 0.29) is 17.5 Å². The monoisotopic (exact) mass is 450 g/mol.